The highest BCUT2D eigenvalue weighted by Crippen LogP contribution is 2.23. The van der Waals surface area contributed by atoms with Crippen LogP contribution in [-0.2, 0) is 0 Å². The summed E-state index contributed by atoms with van der Waals surface area (Å²) in [5.41, 5.74) is 0.909. The van der Waals surface area contributed by atoms with Crippen molar-refractivity contribution in [1.82, 2.24) is 0 Å². The van der Waals surface area contributed by atoms with E-state index >= 15 is 0 Å². The lowest BCUT2D eigenvalue weighted by Gasteiger charge is -2.07. The van der Waals surface area contributed by atoms with Gasteiger partial charge in [-0.3, -0.25) is 0 Å². The van der Waals surface area contributed by atoms with E-state index in [1.165, 1.54) is 0 Å². The molecule has 0 heterocycles. The first kappa shape index (κ1) is 12.2. The maximum Gasteiger partial charge on any atom is 0.488 e. The zero-order valence-electron chi connectivity index (χ0n) is 9.45. The van der Waals surface area contributed by atoms with E-state index in [1.54, 1.807) is 48.5 Å². The molecule has 2 aromatic rings. The molecule has 4 nitrogen and oxygen atoms in total. The monoisotopic (exact) mass is 239 g/mol. The molecule has 18 heavy (non-hydrogen) atoms. The number of rotatable bonds is 3. The molecule has 0 atom stereocenters. The van der Waals surface area contributed by atoms with Crippen LogP contribution in [0.3, 0.4) is 0 Å². The Morgan fingerprint density at radius 1 is 1.00 bits per heavy atom. The second kappa shape index (κ2) is 5.36. The van der Waals surface area contributed by atoms with Crippen molar-refractivity contribution in [2.24, 2.45) is 0 Å². The number of nitrogens with zero attached hydrogens (tertiary/aromatic N) is 1. The Balaban J connectivity index is 2.18. The molecule has 0 saturated carbocycles. The van der Waals surface area contributed by atoms with Gasteiger partial charge in [-0.05, 0) is 29.7 Å². The summed E-state index contributed by atoms with van der Waals surface area (Å²) >= 11 is 0. The maximum absolute atomic E-state index is 9.05. The van der Waals surface area contributed by atoms with Gasteiger partial charge in [0.15, 0.2) is 5.69 Å². The van der Waals surface area contributed by atoms with Gasteiger partial charge in [0.1, 0.15) is 11.5 Å². The van der Waals surface area contributed by atoms with Crippen molar-refractivity contribution in [1.29, 1.82) is 0 Å². The van der Waals surface area contributed by atoms with E-state index in [9.17, 15) is 0 Å². The van der Waals surface area contributed by atoms with Crippen molar-refractivity contribution >= 4 is 18.3 Å². The molecule has 2 aromatic carbocycles. The van der Waals surface area contributed by atoms with Crippen LogP contribution in [0.25, 0.3) is 4.85 Å². The standard InChI is InChI=1S/C13H10BNO3/c1-15-11-5-7-12(8-6-11)18-13-4-2-3-10(9-13)14(16)17/h2-9,16-17H. The maximum atomic E-state index is 9.05. The van der Waals surface area contributed by atoms with Crippen LogP contribution in [0.1, 0.15) is 0 Å². The third-order valence-electron chi connectivity index (χ3n) is 2.36. The quantitative estimate of drug-likeness (QED) is 0.633. The second-order valence-corrected chi connectivity index (χ2v) is 3.65. The van der Waals surface area contributed by atoms with Crippen molar-refractivity contribution in [3.05, 3.63) is 59.9 Å². The summed E-state index contributed by atoms with van der Waals surface area (Å²) in [6.45, 7) is 6.84. The Morgan fingerprint density at radius 3 is 2.33 bits per heavy atom. The average Bonchev–Trinajstić information content (AvgIpc) is 2.40. The van der Waals surface area contributed by atoms with E-state index < -0.39 is 7.12 Å². The first-order chi connectivity index (χ1) is 8.69. The average molecular weight is 239 g/mol. The summed E-state index contributed by atoms with van der Waals surface area (Å²) in [6.07, 6.45) is 0. The summed E-state index contributed by atoms with van der Waals surface area (Å²) in [5.74, 6) is 1.10. The minimum atomic E-state index is -1.52. The fraction of sp³-hybridized carbons (Fsp3) is 0. The molecule has 0 spiro atoms. The summed E-state index contributed by atoms with van der Waals surface area (Å²) in [6, 6.07) is 13.2. The van der Waals surface area contributed by atoms with E-state index in [-0.39, 0.29) is 0 Å². The van der Waals surface area contributed by atoms with Crippen LogP contribution in [0.15, 0.2) is 48.5 Å². The highest BCUT2D eigenvalue weighted by atomic mass is 16.5. The van der Waals surface area contributed by atoms with Gasteiger partial charge < -0.3 is 14.8 Å². The topological polar surface area (TPSA) is 54.0 Å². The van der Waals surface area contributed by atoms with Gasteiger partial charge in [0.2, 0.25) is 0 Å². The predicted octanol–water partition coefficient (Wildman–Crippen LogP) is 1.71. The van der Waals surface area contributed by atoms with Crippen molar-refractivity contribution < 1.29 is 14.8 Å². The molecule has 0 fully saturated rings. The van der Waals surface area contributed by atoms with E-state index in [2.05, 4.69) is 4.85 Å². The van der Waals surface area contributed by atoms with Crippen LogP contribution in [-0.4, -0.2) is 17.2 Å². The van der Waals surface area contributed by atoms with Crippen molar-refractivity contribution in [3.8, 4) is 11.5 Å². The summed E-state index contributed by atoms with van der Waals surface area (Å²) in [5, 5.41) is 18.1. The summed E-state index contributed by atoms with van der Waals surface area (Å²) in [7, 11) is -1.52. The van der Waals surface area contributed by atoms with Gasteiger partial charge in [-0.1, -0.05) is 24.3 Å². The number of hydrogen-bond donors (Lipinski definition) is 2. The van der Waals surface area contributed by atoms with Gasteiger partial charge >= 0.3 is 7.12 Å². The van der Waals surface area contributed by atoms with Crippen LogP contribution in [0.2, 0.25) is 0 Å². The third-order valence-corrected chi connectivity index (χ3v) is 2.36. The zero-order valence-corrected chi connectivity index (χ0v) is 9.45. The molecule has 0 bridgehead atoms. The Hall–Kier alpha value is -2.29. The van der Waals surface area contributed by atoms with E-state index in [0.29, 0.717) is 22.6 Å². The Morgan fingerprint density at radius 2 is 1.72 bits per heavy atom. The van der Waals surface area contributed by atoms with E-state index in [1.807, 2.05) is 0 Å². The van der Waals surface area contributed by atoms with Crippen molar-refractivity contribution in [2.75, 3.05) is 0 Å². The first-order valence-electron chi connectivity index (χ1n) is 5.30. The molecule has 0 aliphatic rings. The lowest BCUT2D eigenvalue weighted by atomic mass is 9.80. The fourth-order valence-electron chi connectivity index (χ4n) is 1.46. The van der Waals surface area contributed by atoms with Crippen molar-refractivity contribution in [2.45, 2.75) is 0 Å². The lowest BCUT2D eigenvalue weighted by molar-refractivity contribution is 0.425. The SMILES string of the molecule is [C-]#[N+]c1ccc(Oc2cccc(B(O)O)c2)cc1. The molecule has 0 unspecified atom stereocenters. The first-order valence-corrected chi connectivity index (χ1v) is 5.30. The molecule has 0 amide bonds. The molecular weight excluding hydrogens is 229 g/mol. The van der Waals surface area contributed by atoms with Gasteiger partial charge in [-0.25, -0.2) is 4.85 Å². The van der Waals surface area contributed by atoms with Crippen LogP contribution in [0.5, 0.6) is 11.5 Å². The molecule has 0 aromatic heterocycles. The Kier molecular flexibility index (Phi) is 3.63. The fourth-order valence-corrected chi connectivity index (χ4v) is 1.46. The molecule has 0 aliphatic carbocycles. The molecule has 0 radical (unpaired) electrons. The summed E-state index contributed by atoms with van der Waals surface area (Å²) in [4.78, 5) is 3.28. The van der Waals surface area contributed by atoms with Gasteiger partial charge in [-0.15, -0.1) is 0 Å². The number of benzene rings is 2. The molecular formula is C13H10BNO3. The van der Waals surface area contributed by atoms with Crippen molar-refractivity contribution in [3.63, 3.8) is 0 Å². The van der Waals surface area contributed by atoms with Gasteiger partial charge in [0.05, 0.1) is 6.57 Å². The van der Waals surface area contributed by atoms with Crippen LogP contribution in [0, 0.1) is 6.57 Å². The smallest absolute Gasteiger partial charge is 0.458 e. The lowest BCUT2D eigenvalue weighted by Crippen LogP contribution is -2.29. The van der Waals surface area contributed by atoms with Gasteiger partial charge in [0.25, 0.3) is 0 Å². The zero-order chi connectivity index (χ0) is 13.0. The number of hydrogen-bond acceptors (Lipinski definition) is 3. The van der Waals surface area contributed by atoms with E-state index in [4.69, 9.17) is 21.4 Å². The molecule has 0 saturated heterocycles. The number of ether oxygens (including phenoxy) is 1. The van der Waals surface area contributed by atoms with Crippen LogP contribution >= 0.6 is 0 Å². The molecule has 2 rings (SSSR count). The summed E-state index contributed by atoms with van der Waals surface area (Å²) < 4.78 is 5.54. The van der Waals surface area contributed by atoms with Crippen LogP contribution in [0.4, 0.5) is 5.69 Å². The highest BCUT2D eigenvalue weighted by molar-refractivity contribution is 6.58. The Labute approximate surface area is 105 Å². The Bertz CT molecular complexity index is 576. The molecule has 2 N–H and O–H groups in total. The minimum absolute atomic E-state index is 0.366. The highest BCUT2D eigenvalue weighted by Gasteiger charge is 2.11. The van der Waals surface area contributed by atoms with E-state index in [0.717, 1.165) is 0 Å². The second-order valence-electron chi connectivity index (χ2n) is 3.65. The molecule has 88 valence electrons. The normalized spacial score (nSPS) is 9.61. The van der Waals surface area contributed by atoms with Gasteiger partial charge in [0, 0.05) is 0 Å². The predicted molar refractivity (Wildman–Crippen MR) is 69.0 cm³/mol. The largest absolute Gasteiger partial charge is 0.488 e. The minimum Gasteiger partial charge on any atom is -0.458 e. The van der Waals surface area contributed by atoms with Gasteiger partial charge in [-0.2, -0.15) is 0 Å². The molecule has 5 heteroatoms. The molecule has 0 aliphatic heterocycles. The van der Waals surface area contributed by atoms with Crippen LogP contribution < -0.4 is 10.2 Å². The third kappa shape index (κ3) is 2.89.